The molecule has 0 saturated carbocycles. The third-order valence-electron chi connectivity index (χ3n) is 2.85. The zero-order chi connectivity index (χ0) is 11.4. The van der Waals surface area contributed by atoms with E-state index in [0.29, 0.717) is 6.42 Å². The minimum absolute atomic E-state index is 0.228. The van der Waals surface area contributed by atoms with E-state index in [1.165, 1.54) is 0 Å². The largest absolute Gasteiger partial charge is 0.327 e. The summed E-state index contributed by atoms with van der Waals surface area (Å²) < 4.78 is 23.6. The normalized spacial score (nSPS) is 18.9. The lowest BCUT2D eigenvalue weighted by molar-refractivity contribution is 0.531. The Morgan fingerprint density at radius 3 is 2.00 bits per heavy atom. The molecule has 2 N–H and O–H groups in total. The molecule has 0 aromatic rings. The summed E-state index contributed by atoms with van der Waals surface area (Å²) in [5.74, 6) is 0.491. The van der Waals surface area contributed by atoms with Crippen LogP contribution in [-0.2, 0) is 9.84 Å². The molecule has 0 radical (unpaired) electrons. The molecule has 14 heavy (non-hydrogen) atoms. The molecule has 0 aliphatic carbocycles. The number of hydrogen-bond acceptors (Lipinski definition) is 3. The molecule has 0 amide bonds. The first kappa shape index (κ1) is 13.9. The Bertz CT molecular complexity index is 249. The highest BCUT2D eigenvalue weighted by Gasteiger charge is 2.26. The first-order chi connectivity index (χ1) is 6.35. The lowest BCUT2D eigenvalue weighted by Gasteiger charge is -2.20. The highest BCUT2D eigenvalue weighted by molar-refractivity contribution is 7.92. The minimum Gasteiger partial charge on any atom is -0.327 e. The summed E-state index contributed by atoms with van der Waals surface area (Å²) in [7, 11) is -3.01. The molecule has 0 aromatic heterocycles. The van der Waals surface area contributed by atoms with Gasteiger partial charge < -0.3 is 5.73 Å². The maximum atomic E-state index is 11.8. The van der Waals surface area contributed by atoms with Crippen LogP contribution in [0.5, 0.6) is 0 Å². The van der Waals surface area contributed by atoms with E-state index in [9.17, 15) is 8.42 Å². The van der Waals surface area contributed by atoms with Gasteiger partial charge in [0.05, 0.1) is 11.0 Å². The molecule has 0 bridgehead atoms. The molecule has 3 atom stereocenters. The summed E-state index contributed by atoms with van der Waals surface area (Å²) in [6.07, 6.45) is 1.61. The zero-order valence-corrected chi connectivity index (χ0v) is 10.5. The highest BCUT2D eigenvalue weighted by atomic mass is 32.2. The molecule has 0 aliphatic heterocycles. The first-order valence-corrected chi connectivity index (χ1v) is 7.03. The second-order valence-electron chi connectivity index (χ2n) is 4.12. The Morgan fingerprint density at radius 2 is 1.64 bits per heavy atom. The zero-order valence-electron chi connectivity index (χ0n) is 9.66. The predicted molar refractivity (Wildman–Crippen MR) is 61.0 cm³/mol. The summed E-state index contributed by atoms with van der Waals surface area (Å²) in [4.78, 5) is 0. The fraction of sp³-hybridized carbons (Fsp3) is 1.00. The predicted octanol–water partition coefficient (Wildman–Crippen LogP) is 1.57. The molecule has 0 fully saturated rings. The van der Waals surface area contributed by atoms with Crippen molar-refractivity contribution >= 4 is 9.84 Å². The number of rotatable bonds is 6. The van der Waals surface area contributed by atoms with Crippen molar-refractivity contribution in [3.63, 3.8) is 0 Å². The lowest BCUT2D eigenvalue weighted by atomic mass is 10.2. The molecule has 0 aromatic carbocycles. The summed E-state index contributed by atoms with van der Waals surface area (Å²) in [6.45, 7) is 7.60. The van der Waals surface area contributed by atoms with Crippen LogP contribution in [0, 0.1) is 5.92 Å². The molecule has 0 rings (SSSR count). The van der Waals surface area contributed by atoms with Gasteiger partial charge in [0, 0.05) is 6.04 Å². The minimum atomic E-state index is -3.01. The van der Waals surface area contributed by atoms with Crippen LogP contribution in [0.4, 0.5) is 0 Å². The first-order valence-electron chi connectivity index (χ1n) is 5.32. The van der Waals surface area contributed by atoms with Crippen molar-refractivity contribution in [3.05, 3.63) is 0 Å². The van der Waals surface area contributed by atoms with Crippen molar-refractivity contribution in [1.82, 2.24) is 0 Å². The molecular weight excluding hydrogens is 198 g/mol. The summed E-state index contributed by atoms with van der Waals surface area (Å²) in [5, 5.41) is -0.415. The van der Waals surface area contributed by atoms with E-state index in [2.05, 4.69) is 0 Å². The van der Waals surface area contributed by atoms with Gasteiger partial charge in [0.1, 0.15) is 0 Å². The van der Waals surface area contributed by atoms with Crippen LogP contribution in [0.15, 0.2) is 0 Å². The van der Waals surface area contributed by atoms with Crippen LogP contribution in [0.1, 0.15) is 40.5 Å². The molecule has 86 valence electrons. The maximum absolute atomic E-state index is 11.8. The Labute approximate surface area is 88.0 Å². The van der Waals surface area contributed by atoms with Crippen LogP contribution in [0.25, 0.3) is 0 Å². The Kier molecular flexibility index (Phi) is 5.67. The molecular formula is C10H23NO2S. The van der Waals surface area contributed by atoms with Gasteiger partial charge in [-0.25, -0.2) is 8.42 Å². The van der Waals surface area contributed by atoms with Crippen molar-refractivity contribution in [2.24, 2.45) is 11.7 Å². The smallest absolute Gasteiger partial charge is 0.154 e. The second-order valence-corrected chi connectivity index (χ2v) is 6.52. The lowest BCUT2D eigenvalue weighted by Crippen LogP contribution is -2.39. The molecule has 0 heterocycles. The van der Waals surface area contributed by atoms with Crippen molar-refractivity contribution < 1.29 is 8.42 Å². The van der Waals surface area contributed by atoms with E-state index in [1.807, 2.05) is 20.8 Å². The average molecular weight is 221 g/mol. The molecule has 0 aliphatic rings. The van der Waals surface area contributed by atoms with Gasteiger partial charge in [0.25, 0.3) is 0 Å². The summed E-state index contributed by atoms with van der Waals surface area (Å²) >= 11 is 0. The Hall–Kier alpha value is -0.0900. The van der Waals surface area contributed by atoms with E-state index in [-0.39, 0.29) is 17.7 Å². The number of sulfone groups is 1. The monoisotopic (exact) mass is 221 g/mol. The van der Waals surface area contributed by atoms with Crippen LogP contribution in [0.2, 0.25) is 0 Å². The van der Waals surface area contributed by atoms with Crippen molar-refractivity contribution in [3.8, 4) is 0 Å². The van der Waals surface area contributed by atoms with Crippen molar-refractivity contribution in [2.75, 3.05) is 5.75 Å². The highest BCUT2D eigenvalue weighted by Crippen LogP contribution is 2.13. The van der Waals surface area contributed by atoms with Crippen LogP contribution < -0.4 is 5.73 Å². The topological polar surface area (TPSA) is 60.2 Å². The number of nitrogens with two attached hydrogens (primary N) is 1. The summed E-state index contributed by atoms with van der Waals surface area (Å²) in [6, 6.07) is -0.232. The van der Waals surface area contributed by atoms with Gasteiger partial charge in [0.15, 0.2) is 9.84 Å². The third kappa shape index (κ3) is 3.96. The average Bonchev–Trinajstić information content (AvgIpc) is 2.14. The van der Waals surface area contributed by atoms with Gasteiger partial charge in [-0.1, -0.05) is 27.2 Å². The van der Waals surface area contributed by atoms with Crippen LogP contribution >= 0.6 is 0 Å². The molecule has 4 heteroatoms. The third-order valence-corrected chi connectivity index (χ3v) is 5.37. The van der Waals surface area contributed by atoms with Gasteiger partial charge in [-0.15, -0.1) is 0 Å². The maximum Gasteiger partial charge on any atom is 0.154 e. The fourth-order valence-corrected chi connectivity index (χ4v) is 3.32. The van der Waals surface area contributed by atoms with Crippen molar-refractivity contribution in [2.45, 2.75) is 51.8 Å². The van der Waals surface area contributed by atoms with E-state index in [0.717, 1.165) is 6.42 Å². The molecule has 3 nitrogen and oxygen atoms in total. The van der Waals surface area contributed by atoms with Crippen LogP contribution in [-0.4, -0.2) is 25.5 Å². The van der Waals surface area contributed by atoms with E-state index in [4.69, 9.17) is 5.73 Å². The van der Waals surface area contributed by atoms with Gasteiger partial charge >= 0.3 is 0 Å². The van der Waals surface area contributed by atoms with Crippen molar-refractivity contribution in [1.29, 1.82) is 0 Å². The van der Waals surface area contributed by atoms with E-state index >= 15 is 0 Å². The van der Waals surface area contributed by atoms with Gasteiger partial charge in [-0.3, -0.25) is 0 Å². The Morgan fingerprint density at radius 1 is 1.14 bits per heavy atom. The second kappa shape index (κ2) is 5.71. The van der Waals surface area contributed by atoms with E-state index in [1.54, 1.807) is 6.92 Å². The fourth-order valence-electron chi connectivity index (χ4n) is 1.26. The van der Waals surface area contributed by atoms with Gasteiger partial charge in [0.2, 0.25) is 0 Å². The number of hydrogen-bond donors (Lipinski definition) is 1. The molecule has 3 unspecified atom stereocenters. The summed E-state index contributed by atoms with van der Waals surface area (Å²) in [5.41, 5.74) is 5.74. The quantitative estimate of drug-likeness (QED) is 0.740. The standard InChI is InChI=1S/C10H23NO2S/c1-5-8(3)7-14(12,13)9(4)10(11)6-2/h8-10H,5-7,11H2,1-4H3. The van der Waals surface area contributed by atoms with E-state index < -0.39 is 15.1 Å². The SMILES string of the molecule is CCC(C)CS(=O)(=O)C(C)C(N)CC. The Balaban J connectivity index is 4.46. The van der Waals surface area contributed by atoms with Gasteiger partial charge in [-0.2, -0.15) is 0 Å². The van der Waals surface area contributed by atoms with Crippen LogP contribution in [0.3, 0.4) is 0 Å². The molecule has 0 saturated heterocycles. The molecule has 0 spiro atoms. The van der Waals surface area contributed by atoms with Gasteiger partial charge in [-0.05, 0) is 19.3 Å².